The molecular formula is C18H20N2O. The largest absolute Gasteiger partial charge is 0.508 e. The number of aryl methyl sites for hydroxylation is 2. The van der Waals surface area contributed by atoms with Crippen LogP contribution in [0.25, 0.3) is 11.0 Å². The average molecular weight is 280 g/mol. The molecule has 1 heterocycles. The van der Waals surface area contributed by atoms with E-state index < -0.39 is 0 Å². The van der Waals surface area contributed by atoms with Crippen molar-refractivity contribution >= 4 is 11.0 Å². The lowest BCUT2D eigenvalue weighted by Crippen LogP contribution is -2.04. The minimum atomic E-state index is 0.343. The number of hydrogen-bond acceptors (Lipinski definition) is 2. The molecule has 0 unspecified atom stereocenters. The lowest BCUT2D eigenvalue weighted by Gasteiger charge is -2.09. The zero-order valence-electron chi connectivity index (χ0n) is 12.5. The lowest BCUT2D eigenvalue weighted by molar-refractivity contribution is 0.468. The average Bonchev–Trinajstić information content (AvgIpc) is 2.81. The van der Waals surface area contributed by atoms with Crippen LogP contribution in [0.5, 0.6) is 5.75 Å². The minimum absolute atomic E-state index is 0.343. The van der Waals surface area contributed by atoms with Gasteiger partial charge in [0.05, 0.1) is 11.0 Å². The molecule has 0 saturated carbocycles. The van der Waals surface area contributed by atoms with Crippen LogP contribution >= 0.6 is 0 Å². The summed E-state index contributed by atoms with van der Waals surface area (Å²) in [5, 5.41) is 10.1. The lowest BCUT2D eigenvalue weighted by atomic mass is 10.1. The molecule has 3 aromatic rings. The Balaban J connectivity index is 2.07. The van der Waals surface area contributed by atoms with Gasteiger partial charge in [-0.25, -0.2) is 4.98 Å². The van der Waals surface area contributed by atoms with E-state index in [0.717, 1.165) is 35.4 Å². The third kappa shape index (κ3) is 2.64. The number of aromatic hydroxyl groups is 1. The van der Waals surface area contributed by atoms with E-state index in [9.17, 15) is 5.11 Å². The summed E-state index contributed by atoms with van der Waals surface area (Å²) in [5.41, 5.74) is 4.28. The molecule has 0 fully saturated rings. The van der Waals surface area contributed by atoms with Crippen LogP contribution in [-0.2, 0) is 13.0 Å². The van der Waals surface area contributed by atoms with Crippen LogP contribution in [-0.4, -0.2) is 14.7 Å². The van der Waals surface area contributed by atoms with Crippen LogP contribution in [0, 0.1) is 6.92 Å². The molecule has 0 spiro atoms. The Labute approximate surface area is 124 Å². The van der Waals surface area contributed by atoms with Crippen molar-refractivity contribution in [2.24, 2.45) is 0 Å². The molecular weight excluding hydrogens is 260 g/mol. The Hall–Kier alpha value is -2.29. The molecule has 0 atom stereocenters. The number of nitrogens with zero attached hydrogens (tertiary/aromatic N) is 2. The van der Waals surface area contributed by atoms with Crippen LogP contribution in [0.1, 0.15) is 30.3 Å². The summed E-state index contributed by atoms with van der Waals surface area (Å²) in [6.07, 6.45) is 1.72. The summed E-state index contributed by atoms with van der Waals surface area (Å²) in [7, 11) is 0. The number of hydrogen-bond donors (Lipinski definition) is 1. The van der Waals surface area contributed by atoms with Crippen molar-refractivity contribution in [1.82, 2.24) is 9.55 Å². The third-order valence-corrected chi connectivity index (χ3v) is 3.76. The monoisotopic (exact) mass is 280 g/mol. The van der Waals surface area contributed by atoms with Crippen molar-refractivity contribution in [2.45, 2.75) is 33.2 Å². The zero-order chi connectivity index (χ0) is 14.8. The van der Waals surface area contributed by atoms with Gasteiger partial charge in [-0.05, 0) is 31.5 Å². The second-order valence-corrected chi connectivity index (χ2v) is 5.48. The maximum atomic E-state index is 10.1. The molecule has 1 N–H and O–H groups in total. The number of imidazole rings is 1. The maximum absolute atomic E-state index is 10.1. The molecule has 0 aliphatic heterocycles. The Kier molecular flexibility index (Phi) is 3.65. The van der Waals surface area contributed by atoms with Gasteiger partial charge in [0.15, 0.2) is 0 Å². The molecule has 0 saturated heterocycles. The topological polar surface area (TPSA) is 38.0 Å². The number of phenolic OH excluding ortho intramolecular Hbond substituents is 1. The fourth-order valence-electron chi connectivity index (χ4n) is 2.76. The third-order valence-electron chi connectivity index (χ3n) is 3.76. The minimum Gasteiger partial charge on any atom is -0.508 e. The normalized spacial score (nSPS) is 11.1. The summed E-state index contributed by atoms with van der Waals surface area (Å²) in [6.45, 7) is 5.16. The number of fused-ring (bicyclic) bond motifs is 1. The van der Waals surface area contributed by atoms with Crippen molar-refractivity contribution in [3.63, 3.8) is 0 Å². The first-order valence-corrected chi connectivity index (χ1v) is 7.41. The highest BCUT2D eigenvalue weighted by atomic mass is 16.3. The number of rotatable bonds is 4. The molecule has 21 heavy (non-hydrogen) atoms. The number of aromatic nitrogens is 2. The van der Waals surface area contributed by atoms with Crippen molar-refractivity contribution in [2.75, 3.05) is 0 Å². The van der Waals surface area contributed by atoms with Gasteiger partial charge < -0.3 is 9.67 Å². The fourth-order valence-corrected chi connectivity index (χ4v) is 2.76. The molecule has 3 heteroatoms. The number of phenols is 1. The van der Waals surface area contributed by atoms with Gasteiger partial charge in [-0.1, -0.05) is 36.8 Å². The first kappa shape index (κ1) is 13.7. The van der Waals surface area contributed by atoms with Gasteiger partial charge in [0.1, 0.15) is 11.6 Å². The van der Waals surface area contributed by atoms with E-state index in [1.165, 1.54) is 5.52 Å². The summed E-state index contributed by atoms with van der Waals surface area (Å²) >= 11 is 0. The second kappa shape index (κ2) is 5.60. The summed E-state index contributed by atoms with van der Waals surface area (Å²) in [4.78, 5) is 4.75. The van der Waals surface area contributed by atoms with E-state index in [2.05, 4.69) is 17.6 Å². The fraction of sp³-hybridized carbons (Fsp3) is 0.278. The van der Waals surface area contributed by atoms with Crippen LogP contribution in [0.3, 0.4) is 0 Å². The number of benzene rings is 2. The van der Waals surface area contributed by atoms with E-state index in [4.69, 9.17) is 4.98 Å². The van der Waals surface area contributed by atoms with Crippen LogP contribution in [0.4, 0.5) is 0 Å². The standard InChI is InChI=1S/C18H20N2O/c1-3-10-20-16-7-5-4-6-15(16)19-18(20)12-14-11-13(2)8-9-17(14)21/h4-9,11,21H,3,10,12H2,1-2H3. The Morgan fingerprint density at radius 3 is 2.76 bits per heavy atom. The molecule has 1 aromatic heterocycles. The van der Waals surface area contributed by atoms with E-state index in [1.54, 1.807) is 6.07 Å². The van der Waals surface area contributed by atoms with E-state index in [-0.39, 0.29) is 0 Å². The highest BCUT2D eigenvalue weighted by Crippen LogP contribution is 2.24. The summed E-state index contributed by atoms with van der Waals surface area (Å²) in [5.74, 6) is 1.36. The van der Waals surface area contributed by atoms with Crippen LogP contribution in [0.2, 0.25) is 0 Å². The zero-order valence-corrected chi connectivity index (χ0v) is 12.5. The van der Waals surface area contributed by atoms with Gasteiger partial charge in [-0.2, -0.15) is 0 Å². The maximum Gasteiger partial charge on any atom is 0.119 e. The SMILES string of the molecule is CCCn1c(Cc2cc(C)ccc2O)nc2ccccc21. The predicted octanol–water partition coefficient (Wildman–Crippen LogP) is 4.05. The molecule has 108 valence electrons. The van der Waals surface area contributed by atoms with Gasteiger partial charge in [0.2, 0.25) is 0 Å². The van der Waals surface area contributed by atoms with E-state index in [0.29, 0.717) is 12.2 Å². The predicted molar refractivity (Wildman–Crippen MR) is 85.7 cm³/mol. The molecule has 0 aliphatic carbocycles. The Bertz CT molecular complexity index is 774. The first-order valence-electron chi connectivity index (χ1n) is 7.41. The van der Waals surface area contributed by atoms with Gasteiger partial charge in [-0.3, -0.25) is 0 Å². The Morgan fingerprint density at radius 2 is 1.95 bits per heavy atom. The highest BCUT2D eigenvalue weighted by Gasteiger charge is 2.12. The number of para-hydroxylation sites is 2. The van der Waals surface area contributed by atoms with Crippen molar-refractivity contribution < 1.29 is 5.11 Å². The quantitative estimate of drug-likeness (QED) is 0.783. The molecule has 0 bridgehead atoms. The van der Waals surface area contributed by atoms with Gasteiger partial charge in [0.25, 0.3) is 0 Å². The van der Waals surface area contributed by atoms with Gasteiger partial charge in [-0.15, -0.1) is 0 Å². The molecule has 2 aromatic carbocycles. The summed E-state index contributed by atoms with van der Waals surface area (Å²) < 4.78 is 2.26. The second-order valence-electron chi connectivity index (χ2n) is 5.48. The molecule has 0 radical (unpaired) electrons. The molecule has 3 rings (SSSR count). The van der Waals surface area contributed by atoms with Crippen LogP contribution < -0.4 is 0 Å². The first-order chi connectivity index (χ1) is 10.2. The van der Waals surface area contributed by atoms with Crippen LogP contribution in [0.15, 0.2) is 42.5 Å². The van der Waals surface area contributed by atoms with Gasteiger partial charge >= 0.3 is 0 Å². The van der Waals surface area contributed by atoms with Crippen molar-refractivity contribution in [3.05, 3.63) is 59.4 Å². The van der Waals surface area contributed by atoms with Gasteiger partial charge in [0, 0.05) is 18.5 Å². The smallest absolute Gasteiger partial charge is 0.119 e. The Morgan fingerprint density at radius 1 is 1.14 bits per heavy atom. The van der Waals surface area contributed by atoms with E-state index >= 15 is 0 Å². The molecule has 3 nitrogen and oxygen atoms in total. The van der Waals surface area contributed by atoms with Crippen molar-refractivity contribution in [1.29, 1.82) is 0 Å². The summed E-state index contributed by atoms with van der Waals surface area (Å²) in [6, 6.07) is 13.9. The highest BCUT2D eigenvalue weighted by molar-refractivity contribution is 5.76. The molecule has 0 amide bonds. The van der Waals surface area contributed by atoms with Crippen molar-refractivity contribution in [3.8, 4) is 5.75 Å². The molecule has 0 aliphatic rings. The van der Waals surface area contributed by atoms with E-state index in [1.807, 2.05) is 37.3 Å².